The summed E-state index contributed by atoms with van der Waals surface area (Å²) in [5.74, 6) is -1.30. The van der Waals surface area contributed by atoms with E-state index in [4.69, 9.17) is 19.3 Å². The zero-order valence-electron chi connectivity index (χ0n) is 34.1. The molecule has 0 aliphatic carbocycles. The number of benzene rings is 1. The molecule has 0 aliphatic rings. The summed E-state index contributed by atoms with van der Waals surface area (Å²) in [6.07, 6.45) is 10.1. The van der Waals surface area contributed by atoms with E-state index < -0.39 is 9.51 Å². The maximum absolute atomic E-state index is 12.6. The van der Waals surface area contributed by atoms with Gasteiger partial charge in [0, 0.05) is 62.4 Å². The summed E-state index contributed by atoms with van der Waals surface area (Å²) >= 11 is 4.10. The number of carbonyl (C=O) groups is 5. The van der Waals surface area contributed by atoms with Crippen LogP contribution in [0.5, 0.6) is 0 Å². The van der Waals surface area contributed by atoms with Crippen molar-refractivity contribution in [1.29, 1.82) is 0 Å². The van der Waals surface area contributed by atoms with Gasteiger partial charge in [-0.1, -0.05) is 47.6 Å². The number of halogens is 2. The van der Waals surface area contributed by atoms with E-state index in [1.807, 2.05) is 47.6 Å². The van der Waals surface area contributed by atoms with E-state index in [0.29, 0.717) is 83.2 Å². The molecule has 2 rings (SSSR count). The number of unbranched alkanes of at least 4 members (excludes halogenated alkanes) is 4. The Morgan fingerprint density at radius 3 is 2.00 bits per heavy atom. The number of carbonyl (C=O) groups excluding carboxylic acids is 4. The molecule has 1 heterocycles. The summed E-state index contributed by atoms with van der Waals surface area (Å²) in [4.78, 5) is 59.7. The Hall–Kier alpha value is -3.15. The molecular weight excluding hydrogens is 978 g/mol. The van der Waals surface area contributed by atoms with Gasteiger partial charge in [-0.05, 0) is 83.1 Å². The first-order chi connectivity index (χ1) is 27.8. The van der Waals surface area contributed by atoms with Crippen molar-refractivity contribution in [3.63, 3.8) is 0 Å². The number of carboxylic acids is 1. The predicted octanol–water partition coefficient (Wildman–Crippen LogP) is 5.05. The second-order valence-electron chi connectivity index (χ2n) is 13.9. The van der Waals surface area contributed by atoms with E-state index in [1.54, 1.807) is 34.3 Å². The van der Waals surface area contributed by atoms with E-state index in [9.17, 15) is 24.0 Å². The third-order valence-electron chi connectivity index (χ3n) is 8.82. The Morgan fingerprint density at radius 2 is 1.40 bits per heavy atom. The Bertz CT molecular complexity index is 1510. The molecule has 19 heteroatoms. The molecule has 0 bridgehead atoms. The molecule has 0 saturated carbocycles. The number of aryl methyl sites for hydroxylation is 2. The molecule has 5 N–H and O–H groups in total. The lowest BCUT2D eigenvalue weighted by Gasteiger charge is -2.29. The Kier molecular flexibility index (Phi) is 26.3. The molecule has 58 heavy (non-hydrogen) atoms. The summed E-state index contributed by atoms with van der Waals surface area (Å²) in [6.45, 7) is 10.2. The highest BCUT2D eigenvalue weighted by Crippen LogP contribution is 2.23. The van der Waals surface area contributed by atoms with Gasteiger partial charge in [0.1, 0.15) is 0 Å². The number of ether oxygens (including phenoxy) is 3. The Labute approximate surface area is 369 Å². The molecule has 2 atom stereocenters. The highest BCUT2D eigenvalue weighted by atomic mass is 127. The third-order valence-corrected chi connectivity index (χ3v) is 11.0. The molecule has 2 aromatic rings. The fourth-order valence-electron chi connectivity index (χ4n) is 5.40. The highest BCUT2D eigenvalue weighted by Gasteiger charge is 2.27. The highest BCUT2D eigenvalue weighted by molar-refractivity contribution is 14.1. The minimum absolute atomic E-state index is 0.000304. The summed E-state index contributed by atoms with van der Waals surface area (Å²) in [7, 11) is 0. The number of aromatic nitrogens is 3. The quantitative estimate of drug-likeness (QED) is 0.0215. The van der Waals surface area contributed by atoms with Crippen LogP contribution in [0.3, 0.4) is 0 Å². The first kappa shape index (κ1) is 51.0. The van der Waals surface area contributed by atoms with Crippen molar-refractivity contribution in [2.45, 2.75) is 108 Å². The smallest absolute Gasteiger partial charge is 0.327 e. The van der Waals surface area contributed by atoms with Crippen molar-refractivity contribution in [2.24, 2.45) is 0 Å². The topological polar surface area (TPSA) is 215 Å². The minimum Gasteiger partial charge on any atom is -0.481 e. The Morgan fingerprint density at radius 1 is 0.828 bits per heavy atom. The first-order valence-electron chi connectivity index (χ1n) is 20.0. The molecule has 5 amide bonds. The van der Waals surface area contributed by atoms with Crippen molar-refractivity contribution in [2.75, 3.05) is 59.3 Å². The Balaban J connectivity index is 1.48. The van der Waals surface area contributed by atoms with Gasteiger partial charge < -0.3 is 40.6 Å². The number of aliphatic carboxylic acids is 1. The number of rotatable bonds is 32. The summed E-state index contributed by atoms with van der Waals surface area (Å²) in [6, 6.07) is 6.35. The van der Waals surface area contributed by atoms with Crippen LogP contribution in [-0.4, -0.2) is 122 Å². The predicted molar refractivity (Wildman–Crippen MR) is 236 cm³/mol. The number of urea groups is 1. The largest absolute Gasteiger partial charge is 0.481 e. The van der Waals surface area contributed by atoms with E-state index >= 15 is 0 Å². The van der Waals surface area contributed by atoms with E-state index in [1.165, 1.54) is 0 Å². The van der Waals surface area contributed by atoms with Gasteiger partial charge in [0.2, 0.25) is 5.91 Å². The monoisotopic (exact) mass is 1040 g/mol. The summed E-state index contributed by atoms with van der Waals surface area (Å²) < 4.78 is 19.2. The lowest BCUT2D eigenvalue weighted by molar-refractivity contribution is -0.137. The second kappa shape index (κ2) is 30.0. The molecule has 1 aromatic carbocycles. The average Bonchev–Trinajstić information content (AvgIpc) is 3.66. The zero-order valence-corrected chi connectivity index (χ0v) is 38.4. The normalized spacial score (nSPS) is 12.6. The molecule has 2 unspecified atom stereocenters. The summed E-state index contributed by atoms with van der Waals surface area (Å²) in [5.41, 5.74) is 1.92. The van der Waals surface area contributed by atoms with E-state index in [2.05, 4.69) is 54.2 Å². The average molecular weight is 1040 g/mol. The molecular formula is C39H62I2N8O9. The zero-order chi connectivity index (χ0) is 42.6. The fraction of sp³-hybridized carbons (Fsp3) is 0.667. The number of nitrogens with zero attached hydrogens (tertiary/aromatic N) is 4. The maximum atomic E-state index is 12.6. The third kappa shape index (κ3) is 23.4. The van der Waals surface area contributed by atoms with E-state index in [0.717, 1.165) is 63.6 Å². The van der Waals surface area contributed by atoms with Crippen LogP contribution in [0.15, 0.2) is 30.5 Å². The van der Waals surface area contributed by atoms with Crippen molar-refractivity contribution in [3.05, 3.63) is 47.3 Å². The number of alkyl halides is 1. The van der Waals surface area contributed by atoms with Gasteiger partial charge in [0.05, 0.1) is 71.7 Å². The fourth-order valence-corrected chi connectivity index (χ4v) is 6.30. The van der Waals surface area contributed by atoms with Crippen LogP contribution in [0.2, 0.25) is 0 Å². The number of carboxylic acid groups (broad SMARTS) is 1. The summed E-state index contributed by atoms with van der Waals surface area (Å²) in [5, 5.41) is 28.9. The molecule has 0 fully saturated rings. The van der Waals surface area contributed by atoms with Crippen LogP contribution in [0.1, 0.15) is 111 Å². The van der Waals surface area contributed by atoms with Crippen LogP contribution >= 0.6 is 45.5 Å². The van der Waals surface area contributed by atoms with Gasteiger partial charge in [-0.25, -0.2) is 4.79 Å². The van der Waals surface area contributed by atoms with Crippen molar-refractivity contribution >= 4 is 75.2 Å². The number of nitrogens with one attached hydrogen (secondary N) is 4. The minimum atomic E-state index is -0.885. The molecule has 1 aromatic heterocycles. The van der Waals surface area contributed by atoms with Gasteiger partial charge in [-0.15, -0.1) is 5.10 Å². The van der Waals surface area contributed by atoms with Gasteiger partial charge in [-0.2, -0.15) is 0 Å². The molecule has 0 aliphatic heterocycles. The SMILES string of the molecule is CCC(=O)NCCOCCOCCOCCNC(=O)c1ccc(C(=O)NCCCCCCc2cn(CCCCC(C)N(I)C(=O)NC(C)(I)CCC(=O)O)nn2)cc1. The van der Waals surface area contributed by atoms with Crippen molar-refractivity contribution in [3.8, 4) is 0 Å². The standard InChI is InChI=1S/C39H62I2N8O9/c1-4-34(50)42-20-23-56-25-27-58-28-26-57-24-21-44-37(54)32-15-13-31(14-16-32)36(53)43-19-9-6-5-7-12-33-29-48(47-46-33)22-10-8-11-30(2)49(41)38(55)45-39(3,40)18-17-35(51)52/h13-16,29-30H,4-12,17-28H2,1-3H3,(H,42,50)(H,43,53)(H,44,54)(H,45,55)(H,51,52). The van der Waals surface area contributed by atoms with Crippen LogP contribution < -0.4 is 21.3 Å². The van der Waals surface area contributed by atoms with Gasteiger partial charge in [-0.3, -0.25) is 27.0 Å². The molecule has 326 valence electrons. The van der Waals surface area contributed by atoms with Gasteiger partial charge in [0.25, 0.3) is 11.8 Å². The van der Waals surface area contributed by atoms with Gasteiger partial charge in [0.15, 0.2) is 0 Å². The van der Waals surface area contributed by atoms with Crippen LogP contribution in [0, 0.1) is 0 Å². The number of hydrogen-bond acceptors (Lipinski definition) is 10. The van der Waals surface area contributed by atoms with Crippen molar-refractivity contribution in [1.82, 2.24) is 39.4 Å². The maximum Gasteiger partial charge on any atom is 0.327 e. The van der Waals surface area contributed by atoms with Crippen LogP contribution in [0.25, 0.3) is 0 Å². The van der Waals surface area contributed by atoms with Crippen LogP contribution in [0.4, 0.5) is 4.79 Å². The first-order valence-corrected chi connectivity index (χ1v) is 22.1. The lowest BCUT2D eigenvalue weighted by atomic mass is 10.1. The number of amides is 5. The molecule has 0 spiro atoms. The van der Waals surface area contributed by atoms with Crippen LogP contribution in [-0.2, 0) is 36.8 Å². The molecule has 0 saturated heterocycles. The molecule has 17 nitrogen and oxygen atoms in total. The number of hydrogen-bond donors (Lipinski definition) is 5. The van der Waals surface area contributed by atoms with E-state index in [-0.39, 0.29) is 36.2 Å². The molecule has 0 radical (unpaired) electrons. The van der Waals surface area contributed by atoms with Gasteiger partial charge >= 0.3 is 12.0 Å². The lowest BCUT2D eigenvalue weighted by Crippen LogP contribution is -2.47. The second-order valence-corrected chi connectivity index (χ2v) is 17.4. The van der Waals surface area contributed by atoms with Crippen molar-refractivity contribution < 1.29 is 43.3 Å².